The summed E-state index contributed by atoms with van der Waals surface area (Å²) in [7, 11) is 2.31. The molecule has 0 heterocycles. The Balaban J connectivity index is 1.74. The van der Waals surface area contributed by atoms with Gasteiger partial charge in [0.05, 0.1) is 0 Å². The van der Waals surface area contributed by atoms with Gasteiger partial charge in [0.2, 0.25) is 0 Å². The normalized spacial score (nSPS) is 41.0. The van der Waals surface area contributed by atoms with Crippen LogP contribution in [0.25, 0.3) is 0 Å². The van der Waals surface area contributed by atoms with Crippen molar-refractivity contribution >= 4 is 0 Å². The third-order valence-corrected chi connectivity index (χ3v) is 6.03. The maximum absolute atomic E-state index is 2.54. The zero-order chi connectivity index (χ0) is 12.9. The van der Waals surface area contributed by atoms with Gasteiger partial charge in [-0.2, -0.15) is 0 Å². The standard InChI is InChI=1S/C17H29N/c1-12(2)13(3)18(4)11-17-8-14-5-15(9-17)7-16(6-14)10-17/h14-16H,5-11H2,1-4H3. The van der Waals surface area contributed by atoms with Crippen LogP contribution in [-0.4, -0.2) is 18.5 Å². The van der Waals surface area contributed by atoms with Crippen LogP contribution in [0.15, 0.2) is 11.3 Å². The van der Waals surface area contributed by atoms with Crippen LogP contribution in [0.3, 0.4) is 0 Å². The highest BCUT2D eigenvalue weighted by molar-refractivity contribution is 5.08. The molecule has 4 aliphatic carbocycles. The first-order valence-electron chi connectivity index (χ1n) is 7.83. The fourth-order valence-corrected chi connectivity index (χ4v) is 5.49. The molecule has 0 N–H and O–H groups in total. The summed E-state index contributed by atoms with van der Waals surface area (Å²) in [5.41, 5.74) is 3.65. The Kier molecular flexibility index (Phi) is 2.99. The molecule has 0 saturated heterocycles. The highest BCUT2D eigenvalue weighted by Crippen LogP contribution is 2.60. The van der Waals surface area contributed by atoms with Crippen molar-refractivity contribution in [3.8, 4) is 0 Å². The lowest BCUT2D eigenvalue weighted by Crippen LogP contribution is -2.50. The molecular weight excluding hydrogens is 218 g/mol. The van der Waals surface area contributed by atoms with Crippen LogP contribution in [0.5, 0.6) is 0 Å². The molecule has 4 bridgehead atoms. The Morgan fingerprint density at radius 3 is 1.78 bits per heavy atom. The second kappa shape index (κ2) is 4.28. The van der Waals surface area contributed by atoms with E-state index in [2.05, 4.69) is 32.7 Å². The molecule has 4 fully saturated rings. The number of rotatable bonds is 3. The van der Waals surface area contributed by atoms with Crippen molar-refractivity contribution in [3.63, 3.8) is 0 Å². The van der Waals surface area contributed by atoms with Gasteiger partial charge < -0.3 is 4.90 Å². The van der Waals surface area contributed by atoms with Gasteiger partial charge in [0, 0.05) is 19.3 Å². The summed E-state index contributed by atoms with van der Waals surface area (Å²) in [5.74, 6) is 3.24. The van der Waals surface area contributed by atoms with Gasteiger partial charge >= 0.3 is 0 Å². The molecule has 0 aromatic rings. The van der Waals surface area contributed by atoms with Crippen LogP contribution >= 0.6 is 0 Å². The minimum absolute atomic E-state index is 0.681. The highest BCUT2D eigenvalue weighted by Gasteiger charge is 2.51. The summed E-state index contributed by atoms with van der Waals surface area (Å²) >= 11 is 0. The lowest BCUT2D eigenvalue weighted by atomic mass is 9.49. The Morgan fingerprint density at radius 1 is 0.944 bits per heavy atom. The van der Waals surface area contributed by atoms with Gasteiger partial charge in [0.1, 0.15) is 0 Å². The fraction of sp³-hybridized carbons (Fsp3) is 0.882. The van der Waals surface area contributed by atoms with Crippen LogP contribution < -0.4 is 0 Å². The predicted molar refractivity (Wildman–Crippen MR) is 77.3 cm³/mol. The second-order valence-corrected chi connectivity index (χ2v) is 7.86. The van der Waals surface area contributed by atoms with Gasteiger partial charge in [-0.05, 0) is 82.5 Å². The summed E-state index contributed by atoms with van der Waals surface area (Å²) < 4.78 is 0. The van der Waals surface area contributed by atoms with Gasteiger partial charge in [-0.3, -0.25) is 0 Å². The first-order chi connectivity index (χ1) is 8.47. The van der Waals surface area contributed by atoms with Crippen molar-refractivity contribution in [3.05, 3.63) is 11.3 Å². The average molecular weight is 247 g/mol. The maximum Gasteiger partial charge on any atom is 0.0228 e. The lowest BCUT2D eigenvalue weighted by Gasteiger charge is -2.58. The van der Waals surface area contributed by atoms with Gasteiger partial charge in [-0.15, -0.1) is 0 Å². The number of hydrogen-bond donors (Lipinski definition) is 0. The summed E-state index contributed by atoms with van der Waals surface area (Å²) in [6.45, 7) is 8.08. The van der Waals surface area contributed by atoms with E-state index in [-0.39, 0.29) is 0 Å². The van der Waals surface area contributed by atoms with E-state index in [0.717, 1.165) is 17.8 Å². The minimum atomic E-state index is 0.681. The van der Waals surface area contributed by atoms with E-state index in [1.807, 2.05) is 0 Å². The molecule has 0 atom stereocenters. The molecular formula is C17H29N. The largest absolute Gasteiger partial charge is 0.378 e. The van der Waals surface area contributed by atoms with E-state index in [4.69, 9.17) is 0 Å². The SMILES string of the molecule is CC(C)=C(C)N(C)CC12CC3CC(CC(C3)C1)C2. The minimum Gasteiger partial charge on any atom is -0.378 e. The van der Waals surface area contributed by atoms with Crippen LogP contribution in [-0.2, 0) is 0 Å². The van der Waals surface area contributed by atoms with Crippen LogP contribution in [0, 0.1) is 23.2 Å². The van der Waals surface area contributed by atoms with E-state index in [9.17, 15) is 0 Å². The fourth-order valence-electron chi connectivity index (χ4n) is 5.49. The molecule has 0 unspecified atom stereocenters. The van der Waals surface area contributed by atoms with E-state index in [0.29, 0.717) is 5.41 Å². The number of nitrogens with zero attached hydrogens (tertiary/aromatic N) is 1. The van der Waals surface area contributed by atoms with E-state index in [1.54, 1.807) is 19.3 Å². The highest BCUT2D eigenvalue weighted by atomic mass is 15.1. The summed E-state index contributed by atoms with van der Waals surface area (Å²) in [6.07, 6.45) is 9.26. The van der Waals surface area contributed by atoms with Gasteiger partial charge in [0.15, 0.2) is 0 Å². The molecule has 0 aromatic heterocycles. The summed E-state index contributed by atoms with van der Waals surface area (Å²) in [5, 5.41) is 0. The summed E-state index contributed by atoms with van der Waals surface area (Å²) in [4.78, 5) is 2.54. The first-order valence-corrected chi connectivity index (χ1v) is 7.83. The molecule has 1 heteroatoms. The molecule has 0 amide bonds. The van der Waals surface area contributed by atoms with Crippen molar-refractivity contribution in [1.29, 1.82) is 0 Å². The molecule has 0 aliphatic heterocycles. The van der Waals surface area contributed by atoms with Gasteiger partial charge in [-0.25, -0.2) is 0 Å². The van der Waals surface area contributed by atoms with Crippen molar-refractivity contribution in [2.24, 2.45) is 23.2 Å². The molecule has 102 valence electrons. The molecule has 0 spiro atoms. The Bertz CT molecular complexity index is 327. The quantitative estimate of drug-likeness (QED) is 0.712. The zero-order valence-electron chi connectivity index (χ0n) is 12.6. The van der Waals surface area contributed by atoms with E-state index >= 15 is 0 Å². The lowest BCUT2D eigenvalue weighted by molar-refractivity contribution is -0.0627. The third kappa shape index (κ3) is 2.10. The molecule has 0 aromatic carbocycles. The van der Waals surface area contributed by atoms with Crippen molar-refractivity contribution in [2.75, 3.05) is 13.6 Å². The topological polar surface area (TPSA) is 3.24 Å². The predicted octanol–water partition coefficient (Wildman–Crippen LogP) is 4.45. The Morgan fingerprint density at radius 2 is 1.39 bits per heavy atom. The van der Waals surface area contributed by atoms with E-state index in [1.165, 1.54) is 37.1 Å². The van der Waals surface area contributed by atoms with Crippen molar-refractivity contribution in [2.45, 2.75) is 59.3 Å². The maximum atomic E-state index is 2.54. The summed E-state index contributed by atoms with van der Waals surface area (Å²) in [6, 6.07) is 0. The monoisotopic (exact) mass is 247 g/mol. The number of allylic oxidation sites excluding steroid dienone is 2. The van der Waals surface area contributed by atoms with Crippen molar-refractivity contribution < 1.29 is 0 Å². The second-order valence-electron chi connectivity index (χ2n) is 7.86. The van der Waals surface area contributed by atoms with Crippen LogP contribution in [0.2, 0.25) is 0 Å². The van der Waals surface area contributed by atoms with Crippen molar-refractivity contribution in [1.82, 2.24) is 4.90 Å². The Hall–Kier alpha value is -0.460. The zero-order valence-corrected chi connectivity index (χ0v) is 12.6. The van der Waals surface area contributed by atoms with Gasteiger partial charge in [0.25, 0.3) is 0 Å². The molecule has 18 heavy (non-hydrogen) atoms. The smallest absolute Gasteiger partial charge is 0.0228 e. The first kappa shape index (κ1) is 12.6. The third-order valence-electron chi connectivity index (χ3n) is 6.03. The van der Waals surface area contributed by atoms with E-state index < -0.39 is 0 Å². The molecule has 4 aliphatic rings. The number of hydrogen-bond acceptors (Lipinski definition) is 1. The Labute approximate surface area is 113 Å². The molecule has 1 nitrogen and oxygen atoms in total. The molecule has 0 radical (unpaired) electrons. The van der Waals surface area contributed by atoms with Gasteiger partial charge in [-0.1, -0.05) is 5.57 Å². The molecule has 4 rings (SSSR count). The van der Waals surface area contributed by atoms with Crippen LogP contribution in [0.1, 0.15) is 59.3 Å². The average Bonchev–Trinajstić information content (AvgIpc) is 2.24. The molecule has 4 saturated carbocycles. The van der Waals surface area contributed by atoms with Crippen LogP contribution in [0.4, 0.5) is 0 Å².